The van der Waals surface area contributed by atoms with Gasteiger partial charge in [-0.05, 0) is 85.4 Å². The third kappa shape index (κ3) is 5.30. The van der Waals surface area contributed by atoms with Gasteiger partial charge in [0.2, 0.25) is 0 Å². The van der Waals surface area contributed by atoms with Gasteiger partial charge < -0.3 is 0 Å². The second kappa shape index (κ2) is 9.83. The van der Waals surface area contributed by atoms with Crippen molar-refractivity contribution in [3.05, 3.63) is 148 Å². The Balaban J connectivity index is 1.57. The van der Waals surface area contributed by atoms with Gasteiger partial charge in [-0.3, -0.25) is 0 Å². The van der Waals surface area contributed by atoms with E-state index in [1.807, 2.05) is 0 Å². The molecule has 2 aliphatic rings. The Labute approximate surface area is 236 Å². The minimum absolute atomic E-state index is 0.0846. The molecule has 0 N–H and O–H groups in total. The van der Waals surface area contributed by atoms with Crippen LogP contribution in [0.1, 0.15) is 99.7 Å². The molecule has 3 aromatic carbocycles. The normalized spacial score (nSPS) is 18.3. The summed E-state index contributed by atoms with van der Waals surface area (Å²) in [5.41, 5.74) is 15.6. The zero-order valence-electron chi connectivity index (χ0n) is 24.8. The molecule has 3 aromatic rings. The lowest BCUT2D eigenvalue weighted by atomic mass is 9.83. The van der Waals surface area contributed by atoms with Gasteiger partial charge in [0.15, 0.2) is 0 Å². The Hall–Kier alpha value is -3.64. The van der Waals surface area contributed by atoms with Crippen LogP contribution in [-0.2, 0) is 10.8 Å². The average molecular weight is 511 g/mol. The maximum Gasteiger partial charge on any atom is 0.0346 e. The van der Waals surface area contributed by atoms with Crippen molar-refractivity contribution in [2.45, 2.75) is 71.6 Å². The number of benzene rings is 3. The van der Waals surface area contributed by atoms with Gasteiger partial charge >= 0.3 is 0 Å². The predicted molar refractivity (Wildman–Crippen MR) is 171 cm³/mol. The third-order valence-corrected chi connectivity index (χ3v) is 8.22. The van der Waals surface area contributed by atoms with E-state index >= 15 is 0 Å². The van der Waals surface area contributed by atoms with E-state index in [2.05, 4.69) is 140 Å². The maximum atomic E-state index is 4.70. The number of hydrogen-bond acceptors (Lipinski definition) is 0. The summed E-state index contributed by atoms with van der Waals surface area (Å²) in [5.74, 6) is 0.144. The van der Waals surface area contributed by atoms with Crippen molar-refractivity contribution in [3.63, 3.8) is 0 Å². The lowest BCUT2D eigenvalue weighted by molar-refractivity contribution is 0.589. The summed E-state index contributed by atoms with van der Waals surface area (Å²) in [7, 11) is 0. The van der Waals surface area contributed by atoms with E-state index in [-0.39, 0.29) is 16.7 Å². The van der Waals surface area contributed by atoms with E-state index in [1.54, 1.807) is 0 Å². The van der Waals surface area contributed by atoms with Gasteiger partial charge in [0.05, 0.1) is 0 Å². The molecular formula is C39H42. The van der Waals surface area contributed by atoms with E-state index < -0.39 is 0 Å². The van der Waals surface area contributed by atoms with Gasteiger partial charge in [-0.1, -0.05) is 145 Å². The molecule has 0 saturated carbocycles. The minimum Gasteiger partial charge on any atom is -0.0955 e. The summed E-state index contributed by atoms with van der Waals surface area (Å²) in [6.07, 6.45) is 8.05. The second-order valence-electron chi connectivity index (χ2n) is 13.4. The van der Waals surface area contributed by atoms with Gasteiger partial charge in [0.25, 0.3) is 0 Å². The van der Waals surface area contributed by atoms with E-state index in [4.69, 9.17) is 6.58 Å². The zero-order valence-corrected chi connectivity index (χ0v) is 24.8. The number of allylic oxidation sites excluding steroid dienone is 8. The number of fused-ring (bicyclic) bond motifs is 1. The summed E-state index contributed by atoms with van der Waals surface area (Å²) < 4.78 is 0. The summed E-state index contributed by atoms with van der Waals surface area (Å²) in [6.45, 7) is 24.7. The van der Waals surface area contributed by atoms with Crippen molar-refractivity contribution in [2.24, 2.45) is 0 Å². The Bertz CT molecular complexity index is 1570. The van der Waals surface area contributed by atoms with Gasteiger partial charge in [-0.15, -0.1) is 0 Å². The lowest BCUT2D eigenvalue weighted by Crippen LogP contribution is -2.12. The van der Waals surface area contributed by atoms with Crippen LogP contribution in [0.4, 0.5) is 0 Å². The SMILES string of the molecule is C=C(C)c1cccc(C2C(=C)/C(=C\C3=CC(c4cccc(C(C)(C)C)c4)=CC3)c3ccc(C(C)(C)C)cc32)c1. The highest BCUT2D eigenvalue weighted by Crippen LogP contribution is 2.50. The molecule has 0 bridgehead atoms. The molecule has 0 heteroatoms. The predicted octanol–water partition coefficient (Wildman–Crippen LogP) is 10.8. The number of rotatable bonds is 4. The maximum absolute atomic E-state index is 4.70. The fourth-order valence-electron chi connectivity index (χ4n) is 5.76. The molecule has 0 fully saturated rings. The molecule has 1 unspecified atom stereocenters. The van der Waals surface area contributed by atoms with Crippen molar-refractivity contribution in [2.75, 3.05) is 0 Å². The smallest absolute Gasteiger partial charge is 0.0346 e. The Kier molecular flexibility index (Phi) is 6.79. The van der Waals surface area contributed by atoms with Crippen LogP contribution in [-0.4, -0.2) is 0 Å². The molecule has 0 saturated heterocycles. The molecule has 0 heterocycles. The number of hydrogen-bond donors (Lipinski definition) is 0. The molecule has 0 spiro atoms. The molecule has 0 radical (unpaired) electrons. The van der Waals surface area contributed by atoms with E-state index in [0.717, 1.165) is 12.0 Å². The van der Waals surface area contributed by atoms with Crippen molar-refractivity contribution >= 4 is 16.7 Å². The van der Waals surface area contributed by atoms with Gasteiger partial charge in [0.1, 0.15) is 0 Å². The largest absolute Gasteiger partial charge is 0.0955 e. The fourth-order valence-corrected chi connectivity index (χ4v) is 5.76. The average Bonchev–Trinajstić information content (AvgIpc) is 3.45. The molecule has 5 rings (SSSR count). The quantitative estimate of drug-likeness (QED) is 0.327. The molecule has 0 amide bonds. The first-order chi connectivity index (χ1) is 18.3. The lowest BCUT2D eigenvalue weighted by Gasteiger charge is -2.21. The molecule has 0 aliphatic heterocycles. The molecule has 1 atom stereocenters. The highest BCUT2D eigenvalue weighted by molar-refractivity contribution is 5.91. The van der Waals surface area contributed by atoms with Gasteiger partial charge in [-0.2, -0.15) is 0 Å². The van der Waals surface area contributed by atoms with Crippen LogP contribution in [0, 0.1) is 0 Å². The van der Waals surface area contributed by atoms with Gasteiger partial charge in [0, 0.05) is 5.92 Å². The monoisotopic (exact) mass is 510 g/mol. The summed E-state index contributed by atoms with van der Waals surface area (Å²) in [5, 5.41) is 0. The van der Waals surface area contributed by atoms with Crippen LogP contribution in [0.15, 0.2) is 109 Å². The first-order valence-corrected chi connectivity index (χ1v) is 14.2. The second-order valence-corrected chi connectivity index (χ2v) is 13.4. The van der Waals surface area contributed by atoms with Crippen LogP contribution in [0.25, 0.3) is 16.7 Å². The Morgan fingerprint density at radius 2 is 1.54 bits per heavy atom. The first-order valence-electron chi connectivity index (χ1n) is 14.2. The molecule has 39 heavy (non-hydrogen) atoms. The molecule has 0 aromatic heterocycles. The van der Waals surface area contributed by atoms with Crippen molar-refractivity contribution in [1.29, 1.82) is 0 Å². The first kappa shape index (κ1) is 26.9. The van der Waals surface area contributed by atoms with Crippen molar-refractivity contribution in [3.8, 4) is 0 Å². The van der Waals surface area contributed by atoms with Crippen LogP contribution in [0.2, 0.25) is 0 Å². The fraction of sp³-hybridized carbons (Fsp3) is 0.282. The third-order valence-electron chi connectivity index (χ3n) is 8.22. The highest BCUT2D eigenvalue weighted by atomic mass is 14.4. The zero-order chi connectivity index (χ0) is 28.1. The van der Waals surface area contributed by atoms with Crippen LogP contribution in [0.3, 0.4) is 0 Å². The minimum atomic E-state index is 0.0846. The van der Waals surface area contributed by atoms with E-state index in [0.29, 0.717) is 0 Å². The van der Waals surface area contributed by atoms with Crippen molar-refractivity contribution < 1.29 is 0 Å². The van der Waals surface area contributed by atoms with E-state index in [9.17, 15) is 0 Å². The molecule has 0 nitrogen and oxygen atoms in total. The van der Waals surface area contributed by atoms with Crippen LogP contribution < -0.4 is 0 Å². The van der Waals surface area contributed by atoms with Crippen molar-refractivity contribution in [1.82, 2.24) is 0 Å². The highest BCUT2D eigenvalue weighted by Gasteiger charge is 2.33. The molecule has 198 valence electrons. The van der Waals surface area contributed by atoms with Crippen LogP contribution in [0.5, 0.6) is 0 Å². The standard InChI is InChI=1S/C39H42/c1-25(2)28-12-10-14-31(22-28)37-26(3)35(34-19-18-33(24-36(34)37)39(7,8)9)21-27-16-17-30(20-27)29-13-11-15-32(23-29)38(4,5)6/h10-15,17-24,37H,1,3,16H2,2,4-9H3/b35-21+. The summed E-state index contributed by atoms with van der Waals surface area (Å²) in [6, 6.07) is 24.9. The molecular weight excluding hydrogens is 468 g/mol. The topological polar surface area (TPSA) is 0 Å². The summed E-state index contributed by atoms with van der Waals surface area (Å²) in [4.78, 5) is 0. The van der Waals surface area contributed by atoms with Crippen LogP contribution >= 0.6 is 0 Å². The summed E-state index contributed by atoms with van der Waals surface area (Å²) >= 11 is 0. The van der Waals surface area contributed by atoms with Gasteiger partial charge in [-0.25, -0.2) is 0 Å². The molecule has 2 aliphatic carbocycles. The Morgan fingerprint density at radius 3 is 2.23 bits per heavy atom. The Morgan fingerprint density at radius 1 is 0.846 bits per heavy atom. The van der Waals surface area contributed by atoms with E-state index in [1.165, 1.54) is 61.2 Å².